The first-order valence-electron chi connectivity index (χ1n) is 8.18. The molecule has 3 aliphatic heterocycles. The van der Waals surface area contributed by atoms with E-state index in [9.17, 15) is 4.79 Å². The van der Waals surface area contributed by atoms with Crippen molar-refractivity contribution in [3.63, 3.8) is 0 Å². The Labute approximate surface area is 140 Å². The van der Waals surface area contributed by atoms with Crippen molar-refractivity contribution in [3.05, 3.63) is 17.5 Å². The summed E-state index contributed by atoms with van der Waals surface area (Å²) in [6.45, 7) is 4.80. The van der Waals surface area contributed by atoms with Crippen molar-refractivity contribution in [2.45, 2.75) is 49.0 Å². The summed E-state index contributed by atoms with van der Waals surface area (Å²) in [5, 5.41) is 4.02. The summed E-state index contributed by atoms with van der Waals surface area (Å²) in [6.07, 6.45) is 5.92. The van der Waals surface area contributed by atoms with Gasteiger partial charge in [-0.25, -0.2) is 9.97 Å². The van der Waals surface area contributed by atoms with E-state index in [1.807, 2.05) is 12.5 Å². The molecule has 0 radical (unpaired) electrons. The monoisotopic (exact) mass is 334 g/mol. The molecule has 0 bridgehead atoms. The number of carbonyl (C=O) groups excluding carboxylic acids is 1. The Morgan fingerprint density at radius 1 is 1.48 bits per heavy atom. The minimum Gasteiger partial charge on any atom is -0.378 e. The van der Waals surface area contributed by atoms with Gasteiger partial charge in [-0.3, -0.25) is 4.79 Å². The predicted octanol–water partition coefficient (Wildman–Crippen LogP) is 0.949. The smallest absolute Gasteiger partial charge is 0.238 e. The van der Waals surface area contributed by atoms with Crippen molar-refractivity contribution in [3.8, 4) is 0 Å². The predicted molar refractivity (Wildman–Crippen MR) is 87.3 cm³/mol. The average molecular weight is 334 g/mol. The maximum atomic E-state index is 13.3. The van der Waals surface area contributed by atoms with Gasteiger partial charge in [-0.2, -0.15) is 0 Å². The van der Waals surface area contributed by atoms with E-state index in [1.165, 1.54) is 11.8 Å². The highest BCUT2D eigenvalue weighted by molar-refractivity contribution is 7.98. The highest BCUT2D eigenvalue weighted by Gasteiger charge is 2.54. The summed E-state index contributed by atoms with van der Waals surface area (Å²) in [5.74, 6) is 0.230. The highest BCUT2D eigenvalue weighted by atomic mass is 32.2. The van der Waals surface area contributed by atoms with Crippen LogP contribution < -0.4 is 5.32 Å². The fraction of sp³-hybridized carbons (Fsp3) is 0.688. The van der Waals surface area contributed by atoms with Crippen LogP contribution in [0, 0.1) is 0 Å². The number of hydrogen-bond acceptors (Lipinski definition) is 6. The number of nitrogens with zero attached hydrogens (tertiary/aromatic N) is 3. The second-order valence-electron chi connectivity index (χ2n) is 6.71. The van der Waals surface area contributed by atoms with Crippen LogP contribution in [0.2, 0.25) is 0 Å². The van der Waals surface area contributed by atoms with E-state index < -0.39 is 5.41 Å². The lowest BCUT2D eigenvalue weighted by Crippen LogP contribution is -2.69. The van der Waals surface area contributed by atoms with Gasteiger partial charge in [0, 0.05) is 44.0 Å². The molecular weight excluding hydrogens is 312 g/mol. The maximum absolute atomic E-state index is 13.3. The molecule has 4 rings (SSSR count). The van der Waals surface area contributed by atoms with Crippen molar-refractivity contribution in [1.82, 2.24) is 20.2 Å². The van der Waals surface area contributed by atoms with Crippen molar-refractivity contribution in [1.29, 1.82) is 0 Å². The third-order valence-electron chi connectivity index (χ3n) is 5.24. The lowest BCUT2D eigenvalue weighted by molar-refractivity contribution is -0.148. The fourth-order valence-electron chi connectivity index (χ4n) is 3.90. The molecule has 4 heterocycles. The van der Waals surface area contributed by atoms with Gasteiger partial charge in [0.05, 0.1) is 11.8 Å². The Bertz CT molecular complexity index is 635. The summed E-state index contributed by atoms with van der Waals surface area (Å²) >= 11 is 1.52. The van der Waals surface area contributed by atoms with Gasteiger partial charge in [-0.15, -0.1) is 0 Å². The molecule has 2 fully saturated rings. The molecule has 0 saturated carbocycles. The quantitative estimate of drug-likeness (QED) is 0.642. The molecule has 1 aromatic heterocycles. The van der Waals surface area contributed by atoms with Gasteiger partial charge >= 0.3 is 0 Å². The van der Waals surface area contributed by atoms with Crippen LogP contribution in [0.1, 0.15) is 31.0 Å². The van der Waals surface area contributed by atoms with Gasteiger partial charge in [0.2, 0.25) is 5.91 Å². The number of aromatic nitrogens is 2. The van der Waals surface area contributed by atoms with Crippen LogP contribution in [0.15, 0.2) is 11.4 Å². The summed E-state index contributed by atoms with van der Waals surface area (Å²) in [5.41, 5.74) is 1.56. The largest absolute Gasteiger partial charge is 0.378 e. The van der Waals surface area contributed by atoms with Crippen molar-refractivity contribution in [2.24, 2.45) is 0 Å². The van der Waals surface area contributed by atoms with Crippen molar-refractivity contribution >= 4 is 17.7 Å². The molecule has 1 spiro atoms. The summed E-state index contributed by atoms with van der Waals surface area (Å²) in [7, 11) is 0. The Kier molecular flexibility index (Phi) is 3.82. The highest BCUT2D eigenvalue weighted by Crippen LogP contribution is 2.39. The first kappa shape index (κ1) is 15.4. The molecule has 124 valence electrons. The van der Waals surface area contributed by atoms with Gasteiger partial charge in [0.15, 0.2) is 5.16 Å². The van der Waals surface area contributed by atoms with Gasteiger partial charge in [-0.1, -0.05) is 11.8 Å². The van der Waals surface area contributed by atoms with Gasteiger partial charge in [-0.05, 0) is 26.0 Å². The maximum Gasteiger partial charge on any atom is 0.238 e. The first-order chi connectivity index (χ1) is 11.1. The number of ether oxygens (including phenoxy) is 1. The molecule has 1 amide bonds. The van der Waals surface area contributed by atoms with E-state index in [-0.39, 0.29) is 18.1 Å². The van der Waals surface area contributed by atoms with E-state index in [0.717, 1.165) is 35.9 Å². The Balaban J connectivity index is 1.71. The summed E-state index contributed by atoms with van der Waals surface area (Å²) in [4.78, 5) is 24.5. The lowest BCUT2D eigenvalue weighted by Gasteiger charge is -2.50. The fourth-order valence-corrected chi connectivity index (χ4v) is 4.24. The first-order valence-corrected chi connectivity index (χ1v) is 9.40. The summed E-state index contributed by atoms with van der Waals surface area (Å²) in [6, 6.07) is 0.261. The molecule has 1 aromatic rings. The van der Waals surface area contributed by atoms with E-state index in [2.05, 4.69) is 22.1 Å². The number of fused-ring (bicyclic) bond motifs is 2. The number of carbonyl (C=O) groups is 1. The molecule has 1 N–H and O–H groups in total. The molecule has 23 heavy (non-hydrogen) atoms. The Hall–Kier alpha value is -1.18. The minimum atomic E-state index is -0.484. The zero-order valence-corrected chi connectivity index (χ0v) is 14.4. The van der Waals surface area contributed by atoms with Crippen LogP contribution in [0.4, 0.5) is 0 Å². The van der Waals surface area contributed by atoms with E-state index in [1.54, 1.807) is 0 Å². The SMILES string of the molecule is CSc1ncc2c(n1)C1(CNC1)C(=O)N([C@@H]1CCO[C@H](C)C1)C2. The van der Waals surface area contributed by atoms with Crippen LogP contribution >= 0.6 is 11.8 Å². The number of nitrogens with one attached hydrogen (secondary N) is 1. The van der Waals surface area contributed by atoms with Crippen LogP contribution in [0.5, 0.6) is 0 Å². The zero-order chi connectivity index (χ0) is 16.0. The molecule has 7 heteroatoms. The van der Waals surface area contributed by atoms with Gasteiger partial charge < -0.3 is 15.0 Å². The van der Waals surface area contributed by atoms with Crippen molar-refractivity contribution < 1.29 is 9.53 Å². The molecule has 0 aliphatic carbocycles. The molecule has 3 aliphatic rings. The zero-order valence-electron chi connectivity index (χ0n) is 13.5. The Morgan fingerprint density at radius 2 is 2.30 bits per heavy atom. The molecular formula is C16H22N4O2S. The standard InChI is InChI=1S/C16H22N4O2S/c1-10-5-12(3-4-22-10)20-7-11-6-18-15(23-2)19-13(11)16(14(20)21)8-17-9-16/h6,10,12,17H,3-5,7-9H2,1-2H3/t10-,12-/m1/s1. The number of rotatable bonds is 2. The Morgan fingerprint density at radius 3 is 2.96 bits per heavy atom. The number of hydrogen-bond donors (Lipinski definition) is 1. The number of amides is 1. The number of thioether (sulfide) groups is 1. The third kappa shape index (κ3) is 2.37. The van der Waals surface area contributed by atoms with E-state index in [0.29, 0.717) is 19.6 Å². The van der Waals surface area contributed by atoms with Crippen molar-refractivity contribution in [2.75, 3.05) is 26.0 Å². The molecule has 0 unspecified atom stereocenters. The van der Waals surface area contributed by atoms with Gasteiger partial charge in [0.1, 0.15) is 5.41 Å². The lowest BCUT2D eigenvalue weighted by atomic mass is 9.72. The molecule has 6 nitrogen and oxygen atoms in total. The van der Waals surface area contributed by atoms with Crippen LogP contribution in [-0.4, -0.2) is 58.9 Å². The second-order valence-corrected chi connectivity index (χ2v) is 7.48. The third-order valence-corrected chi connectivity index (χ3v) is 5.80. The van der Waals surface area contributed by atoms with Crippen LogP contribution in [-0.2, 0) is 21.5 Å². The molecule has 0 aromatic carbocycles. The van der Waals surface area contributed by atoms with Crippen LogP contribution in [0.3, 0.4) is 0 Å². The molecule has 2 atom stereocenters. The van der Waals surface area contributed by atoms with E-state index in [4.69, 9.17) is 9.72 Å². The van der Waals surface area contributed by atoms with E-state index >= 15 is 0 Å². The topological polar surface area (TPSA) is 67.4 Å². The average Bonchev–Trinajstić information content (AvgIpc) is 2.52. The molecule has 2 saturated heterocycles. The second kappa shape index (κ2) is 5.72. The summed E-state index contributed by atoms with van der Waals surface area (Å²) < 4.78 is 5.65. The van der Waals surface area contributed by atoms with Gasteiger partial charge in [0.25, 0.3) is 0 Å². The minimum absolute atomic E-state index is 0.216. The van der Waals surface area contributed by atoms with Crippen LogP contribution in [0.25, 0.3) is 0 Å². The normalized spacial score (nSPS) is 29.3.